The highest BCUT2D eigenvalue weighted by atomic mass is 32.2. The van der Waals surface area contributed by atoms with Gasteiger partial charge in [0.2, 0.25) is 0 Å². The molecule has 0 saturated heterocycles. The molecule has 0 radical (unpaired) electrons. The SMILES string of the molecule is NOCCSCc1ccccc1[N+](=O)[O-]. The largest absolute Gasteiger partial charge is 0.304 e. The average Bonchev–Trinajstić information content (AvgIpc) is 2.25. The second-order valence-corrected chi connectivity index (χ2v) is 3.91. The van der Waals surface area contributed by atoms with Crippen LogP contribution in [0.15, 0.2) is 24.3 Å². The smallest absolute Gasteiger partial charge is 0.273 e. The Hall–Kier alpha value is -1.11. The number of hydrogen-bond donors (Lipinski definition) is 1. The molecule has 82 valence electrons. The van der Waals surface area contributed by atoms with Crippen LogP contribution in [-0.4, -0.2) is 17.3 Å². The number of nitrogens with two attached hydrogens (primary N) is 1. The van der Waals surface area contributed by atoms with Gasteiger partial charge in [-0.05, 0) is 0 Å². The van der Waals surface area contributed by atoms with Crippen molar-refractivity contribution in [3.05, 3.63) is 39.9 Å². The molecule has 0 fully saturated rings. The number of thioether (sulfide) groups is 1. The van der Waals surface area contributed by atoms with E-state index in [2.05, 4.69) is 4.84 Å². The van der Waals surface area contributed by atoms with Crippen LogP contribution in [0, 0.1) is 10.1 Å². The molecule has 0 aliphatic carbocycles. The summed E-state index contributed by atoms with van der Waals surface area (Å²) in [5, 5.41) is 10.7. The van der Waals surface area contributed by atoms with Crippen molar-refractivity contribution in [1.29, 1.82) is 0 Å². The van der Waals surface area contributed by atoms with Crippen LogP contribution in [0.25, 0.3) is 0 Å². The third-order valence-electron chi connectivity index (χ3n) is 1.79. The molecular formula is C9H12N2O3S. The lowest BCUT2D eigenvalue weighted by molar-refractivity contribution is -0.385. The van der Waals surface area contributed by atoms with Crippen molar-refractivity contribution >= 4 is 17.4 Å². The first-order valence-electron chi connectivity index (χ1n) is 4.37. The number of para-hydroxylation sites is 1. The molecule has 0 aromatic heterocycles. The highest BCUT2D eigenvalue weighted by Crippen LogP contribution is 2.22. The summed E-state index contributed by atoms with van der Waals surface area (Å²) in [6.45, 7) is 0.450. The number of benzene rings is 1. The Morgan fingerprint density at radius 3 is 2.87 bits per heavy atom. The standard InChI is InChI=1S/C9H12N2O3S/c10-14-5-6-15-7-8-3-1-2-4-9(8)11(12)13/h1-4H,5-7,10H2. The van der Waals surface area contributed by atoms with Gasteiger partial charge in [0.05, 0.1) is 11.5 Å². The molecule has 0 bridgehead atoms. The maximum absolute atomic E-state index is 10.7. The minimum Gasteiger partial charge on any atom is -0.304 e. The van der Waals surface area contributed by atoms with E-state index in [-0.39, 0.29) is 10.6 Å². The molecule has 15 heavy (non-hydrogen) atoms. The molecule has 6 heteroatoms. The minimum atomic E-state index is -0.366. The summed E-state index contributed by atoms with van der Waals surface area (Å²) in [6, 6.07) is 6.72. The van der Waals surface area contributed by atoms with Gasteiger partial charge in [0.25, 0.3) is 5.69 Å². The summed E-state index contributed by atoms with van der Waals surface area (Å²) in [5.74, 6) is 6.19. The van der Waals surface area contributed by atoms with Gasteiger partial charge in [0.1, 0.15) is 0 Å². The van der Waals surface area contributed by atoms with Crippen molar-refractivity contribution in [2.45, 2.75) is 5.75 Å². The molecule has 1 rings (SSSR count). The summed E-state index contributed by atoms with van der Waals surface area (Å²) >= 11 is 1.55. The van der Waals surface area contributed by atoms with Crippen molar-refractivity contribution in [1.82, 2.24) is 0 Å². The Morgan fingerprint density at radius 1 is 1.47 bits per heavy atom. The molecule has 0 unspecified atom stereocenters. The van der Waals surface area contributed by atoms with Crippen LogP contribution in [0.4, 0.5) is 5.69 Å². The van der Waals surface area contributed by atoms with Crippen molar-refractivity contribution in [3.8, 4) is 0 Å². The lowest BCUT2D eigenvalue weighted by atomic mass is 10.2. The molecule has 0 atom stereocenters. The van der Waals surface area contributed by atoms with Gasteiger partial charge in [-0.25, -0.2) is 5.90 Å². The van der Waals surface area contributed by atoms with Gasteiger partial charge in [-0.3, -0.25) is 10.1 Å². The molecule has 2 N–H and O–H groups in total. The van der Waals surface area contributed by atoms with E-state index in [1.165, 1.54) is 6.07 Å². The van der Waals surface area contributed by atoms with E-state index in [0.29, 0.717) is 12.4 Å². The van der Waals surface area contributed by atoms with Crippen LogP contribution in [0.3, 0.4) is 0 Å². The first-order chi connectivity index (χ1) is 7.25. The van der Waals surface area contributed by atoms with Gasteiger partial charge in [-0.15, -0.1) is 0 Å². The maximum Gasteiger partial charge on any atom is 0.273 e. The molecule has 0 heterocycles. The highest BCUT2D eigenvalue weighted by molar-refractivity contribution is 7.98. The monoisotopic (exact) mass is 228 g/mol. The van der Waals surface area contributed by atoms with Crippen molar-refractivity contribution in [2.75, 3.05) is 12.4 Å². The molecule has 0 amide bonds. The van der Waals surface area contributed by atoms with Gasteiger partial charge < -0.3 is 4.84 Å². The lowest BCUT2D eigenvalue weighted by Gasteiger charge is -2.02. The second kappa shape index (κ2) is 6.39. The fourth-order valence-electron chi connectivity index (χ4n) is 1.10. The average molecular weight is 228 g/mol. The predicted octanol–water partition coefficient (Wildman–Crippen LogP) is 1.72. The lowest BCUT2D eigenvalue weighted by Crippen LogP contribution is -2.03. The third kappa shape index (κ3) is 3.86. The highest BCUT2D eigenvalue weighted by Gasteiger charge is 2.11. The molecule has 0 aliphatic heterocycles. The zero-order valence-electron chi connectivity index (χ0n) is 8.09. The Balaban J connectivity index is 2.56. The normalized spacial score (nSPS) is 10.2. The second-order valence-electron chi connectivity index (χ2n) is 2.81. The van der Waals surface area contributed by atoms with E-state index in [9.17, 15) is 10.1 Å². The van der Waals surface area contributed by atoms with Crippen LogP contribution in [0.1, 0.15) is 5.56 Å². The molecule has 0 saturated carbocycles. The van der Waals surface area contributed by atoms with Crippen molar-refractivity contribution in [3.63, 3.8) is 0 Å². The van der Waals surface area contributed by atoms with Gasteiger partial charge in [0, 0.05) is 23.1 Å². The summed E-state index contributed by atoms with van der Waals surface area (Å²) in [6.07, 6.45) is 0. The zero-order chi connectivity index (χ0) is 11.1. The Kier molecular flexibility index (Phi) is 5.09. The number of hydrogen-bond acceptors (Lipinski definition) is 5. The van der Waals surface area contributed by atoms with Gasteiger partial charge >= 0.3 is 0 Å². The number of nitro groups is 1. The van der Waals surface area contributed by atoms with Gasteiger partial charge in [0.15, 0.2) is 0 Å². The molecule has 1 aromatic carbocycles. The molecule has 5 nitrogen and oxygen atoms in total. The fraction of sp³-hybridized carbons (Fsp3) is 0.333. The first-order valence-corrected chi connectivity index (χ1v) is 5.53. The van der Waals surface area contributed by atoms with E-state index >= 15 is 0 Å². The molecule has 1 aromatic rings. The van der Waals surface area contributed by atoms with Crippen molar-refractivity contribution in [2.24, 2.45) is 5.90 Å². The third-order valence-corrected chi connectivity index (χ3v) is 2.76. The predicted molar refractivity (Wildman–Crippen MR) is 59.4 cm³/mol. The van der Waals surface area contributed by atoms with E-state index < -0.39 is 0 Å². The summed E-state index contributed by atoms with van der Waals surface area (Å²) < 4.78 is 0. The summed E-state index contributed by atoms with van der Waals surface area (Å²) in [7, 11) is 0. The Morgan fingerprint density at radius 2 is 2.20 bits per heavy atom. The van der Waals surface area contributed by atoms with E-state index in [4.69, 9.17) is 5.90 Å². The number of nitro benzene ring substituents is 1. The minimum absolute atomic E-state index is 0.165. The number of rotatable bonds is 6. The van der Waals surface area contributed by atoms with Crippen LogP contribution in [0.2, 0.25) is 0 Å². The summed E-state index contributed by atoms with van der Waals surface area (Å²) in [5.41, 5.74) is 0.892. The quantitative estimate of drug-likeness (QED) is 0.455. The van der Waals surface area contributed by atoms with Gasteiger partial charge in [-0.2, -0.15) is 11.8 Å². The molecular weight excluding hydrogens is 216 g/mol. The van der Waals surface area contributed by atoms with Crippen LogP contribution >= 0.6 is 11.8 Å². The summed E-state index contributed by atoms with van der Waals surface area (Å²) in [4.78, 5) is 14.7. The fourth-order valence-corrected chi connectivity index (χ4v) is 1.92. The van der Waals surface area contributed by atoms with E-state index in [1.54, 1.807) is 30.0 Å². The van der Waals surface area contributed by atoms with Crippen LogP contribution in [-0.2, 0) is 10.6 Å². The molecule has 0 spiro atoms. The zero-order valence-corrected chi connectivity index (χ0v) is 8.90. The van der Waals surface area contributed by atoms with E-state index in [0.717, 1.165) is 11.3 Å². The number of nitrogens with zero attached hydrogens (tertiary/aromatic N) is 1. The van der Waals surface area contributed by atoms with Crippen LogP contribution in [0.5, 0.6) is 0 Å². The molecule has 0 aliphatic rings. The van der Waals surface area contributed by atoms with Crippen LogP contribution < -0.4 is 5.90 Å². The Bertz CT molecular complexity index is 333. The van der Waals surface area contributed by atoms with Crippen molar-refractivity contribution < 1.29 is 9.76 Å². The van der Waals surface area contributed by atoms with E-state index in [1.807, 2.05) is 0 Å². The Labute approximate surface area is 91.7 Å². The topological polar surface area (TPSA) is 78.4 Å². The maximum atomic E-state index is 10.7. The van der Waals surface area contributed by atoms with Gasteiger partial charge in [-0.1, -0.05) is 18.2 Å². The first kappa shape index (κ1) is 12.0.